The summed E-state index contributed by atoms with van der Waals surface area (Å²) in [5.41, 5.74) is 6.98. The Labute approximate surface area is 121 Å². The molecule has 4 heteroatoms. The van der Waals surface area contributed by atoms with E-state index in [2.05, 4.69) is 11.8 Å². The molecule has 20 heavy (non-hydrogen) atoms. The summed E-state index contributed by atoms with van der Waals surface area (Å²) >= 11 is 0. The zero-order valence-corrected chi connectivity index (χ0v) is 12.5. The van der Waals surface area contributed by atoms with Crippen molar-refractivity contribution in [3.05, 3.63) is 35.9 Å². The smallest absolute Gasteiger partial charge is 0.244 e. The molecule has 0 aliphatic carbocycles. The Morgan fingerprint density at radius 3 is 2.50 bits per heavy atom. The van der Waals surface area contributed by atoms with Crippen molar-refractivity contribution in [3.63, 3.8) is 0 Å². The maximum atomic E-state index is 12.5. The van der Waals surface area contributed by atoms with Gasteiger partial charge < -0.3 is 15.5 Å². The van der Waals surface area contributed by atoms with Crippen molar-refractivity contribution in [3.8, 4) is 0 Å². The van der Waals surface area contributed by atoms with Crippen LogP contribution in [0.1, 0.15) is 31.4 Å². The fourth-order valence-corrected chi connectivity index (χ4v) is 2.83. The van der Waals surface area contributed by atoms with Crippen LogP contribution in [0, 0.1) is 0 Å². The molecule has 0 radical (unpaired) electrons. The van der Waals surface area contributed by atoms with Gasteiger partial charge in [-0.2, -0.15) is 0 Å². The van der Waals surface area contributed by atoms with Crippen molar-refractivity contribution in [1.82, 2.24) is 9.80 Å². The molecule has 1 amide bonds. The predicted molar refractivity (Wildman–Crippen MR) is 81.3 cm³/mol. The van der Waals surface area contributed by atoms with Crippen LogP contribution in [-0.2, 0) is 4.79 Å². The highest BCUT2D eigenvalue weighted by molar-refractivity contribution is 5.83. The summed E-state index contributed by atoms with van der Waals surface area (Å²) in [5.74, 6) is 0.0196. The van der Waals surface area contributed by atoms with Gasteiger partial charge in [-0.25, -0.2) is 0 Å². The lowest BCUT2D eigenvalue weighted by atomic mass is 10.0. The third-order valence-corrected chi connectivity index (χ3v) is 4.32. The summed E-state index contributed by atoms with van der Waals surface area (Å²) < 4.78 is 0. The maximum absolute atomic E-state index is 12.5. The van der Waals surface area contributed by atoms with E-state index in [1.54, 1.807) is 0 Å². The molecule has 0 spiro atoms. The SMILES string of the molecule is CCN1CCC(N(C)C(=O)[C@@H](N)c2ccccc2)CC1. The number of piperidine rings is 1. The monoisotopic (exact) mass is 275 g/mol. The Balaban J connectivity index is 1.95. The van der Waals surface area contributed by atoms with Gasteiger partial charge in [0, 0.05) is 26.2 Å². The molecule has 0 unspecified atom stereocenters. The van der Waals surface area contributed by atoms with Gasteiger partial charge in [0.15, 0.2) is 0 Å². The van der Waals surface area contributed by atoms with Crippen LogP contribution in [0.5, 0.6) is 0 Å². The number of hydrogen-bond donors (Lipinski definition) is 1. The van der Waals surface area contributed by atoms with Gasteiger partial charge in [0.25, 0.3) is 0 Å². The second-order valence-electron chi connectivity index (χ2n) is 5.50. The third-order valence-electron chi connectivity index (χ3n) is 4.32. The molecule has 1 heterocycles. The van der Waals surface area contributed by atoms with Crippen LogP contribution in [0.2, 0.25) is 0 Å². The molecule has 1 atom stereocenters. The van der Waals surface area contributed by atoms with Gasteiger partial charge in [0.2, 0.25) is 5.91 Å². The third kappa shape index (κ3) is 3.38. The number of hydrogen-bond acceptors (Lipinski definition) is 3. The van der Waals surface area contributed by atoms with Gasteiger partial charge in [-0.1, -0.05) is 37.3 Å². The number of rotatable bonds is 4. The molecule has 1 saturated heterocycles. The lowest BCUT2D eigenvalue weighted by Crippen LogP contribution is -2.48. The first-order chi connectivity index (χ1) is 9.63. The van der Waals surface area contributed by atoms with E-state index in [0.717, 1.165) is 38.0 Å². The van der Waals surface area contributed by atoms with Gasteiger partial charge in [-0.05, 0) is 24.9 Å². The van der Waals surface area contributed by atoms with E-state index in [1.165, 1.54) is 0 Å². The number of nitrogens with zero attached hydrogens (tertiary/aromatic N) is 2. The van der Waals surface area contributed by atoms with Crippen molar-refractivity contribution >= 4 is 5.91 Å². The molecule has 0 bridgehead atoms. The quantitative estimate of drug-likeness (QED) is 0.908. The summed E-state index contributed by atoms with van der Waals surface area (Å²) in [6, 6.07) is 9.37. The van der Waals surface area contributed by atoms with Gasteiger partial charge >= 0.3 is 0 Å². The minimum atomic E-state index is -0.551. The summed E-state index contributed by atoms with van der Waals surface area (Å²) in [5, 5.41) is 0. The van der Waals surface area contributed by atoms with E-state index in [1.807, 2.05) is 42.3 Å². The Kier molecular flexibility index (Phi) is 5.15. The van der Waals surface area contributed by atoms with Crippen LogP contribution >= 0.6 is 0 Å². The molecular weight excluding hydrogens is 250 g/mol. The molecule has 0 aromatic heterocycles. The van der Waals surface area contributed by atoms with Crippen molar-refractivity contribution in [1.29, 1.82) is 0 Å². The number of amides is 1. The average Bonchev–Trinajstić information content (AvgIpc) is 2.53. The van der Waals surface area contributed by atoms with E-state index in [4.69, 9.17) is 5.73 Å². The molecule has 1 fully saturated rings. The number of likely N-dealkylation sites (N-methyl/N-ethyl adjacent to an activating group) is 1. The van der Waals surface area contributed by atoms with Crippen molar-refractivity contribution in [2.24, 2.45) is 5.73 Å². The standard InChI is InChI=1S/C16H25N3O/c1-3-19-11-9-14(10-12-19)18(2)16(20)15(17)13-7-5-4-6-8-13/h4-8,14-15H,3,9-12,17H2,1-2H3/t15-/m0/s1. The van der Waals surface area contributed by atoms with E-state index < -0.39 is 6.04 Å². The second kappa shape index (κ2) is 6.86. The van der Waals surface area contributed by atoms with Crippen LogP contribution < -0.4 is 5.73 Å². The first-order valence-electron chi connectivity index (χ1n) is 7.43. The number of benzene rings is 1. The Hall–Kier alpha value is -1.39. The number of likely N-dealkylation sites (tertiary alicyclic amines) is 1. The highest BCUT2D eigenvalue weighted by Gasteiger charge is 2.28. The lowest BCUT2D eigenvalue weighted by Gasteiger charge is -2.37. The Morgan fingerprint density at radius 2 is 1.95 bits per heavy atom. The minimum absolute atomic E-state index is 0.0196. The molecule has 110 valence electrons. The molecule has 1 aliphatic heterocycles. The first-order valence-corrected chi connectivity index (χ1v) is 7.43. The zero-order chi connectivity index (χ0) is 14.5. The van der Waals surface area contributed by atoms with Crippen molar-refractivity contribution < 1.29 is 4.79 Å². The van der Waals surface area contributed by atoms with Crippen molar-refractivity contribution in [2.75, 3.05) is 26.7 Å². The van der Waals surface area contributed by atoms with E-state index >= 15 is 0 Å². The van der Waals surface area contributed by atoms with Crippen LogP contribution in [0.4, 0.5) is 0 Å². The highest BCUT2D eigenvalue weighted by atomic mass is 16.2. The molecule has 1 aliphatic rings. The fraction of sp³-hybridized carbons (Fsp3) is 0.562. The topological polar surface area (TPSA) is 49.6 Å². The van der Waals surface area contributed by atoms with E-state index in [-0.39, 0.29) is 5.91 Å². The summed E-state index contributed by atoms with van der Waals surface area (Å²) in [6.45, 7) is 5.41. The lowest BCUT2D eigenvalue weighted by molar-refractivity contribution is -0.134. The average molecular weight is 275 g/mol. The minimum Gasteiger partial charge on any atom is -0.341 e. The number of carbonyl (C=O) groups excluding carboxylic acids is 1. The van der Waals surface area contributed by atoms with Gasteiger partial charge in [-0.3, -0.25) is 4.79 Å². The highest BCUT2D eigenvalue weighted by Crippen LogP contribution is 2.19. The summed E-state index contributed by atoms with van der Waals surface area (Å²) in [6.07, 6.45) is 2.08. The van der Waals surface area contributed by atoms with Crippen LogP contribution in [-0.4, -0.2) is 48.4 Å². The largest absolute Gasteiger partial charge is 0.341 e. The predicted octanol–water partition coefficient (Wildman–Crippen LogP) is 1.63. The molecule has 1 aromatic rings. The van der Waals surface area contributed by atoms with Gasteiger partial charge in [0.1, 0.15) is 6.04 Å². The van der Waals surface area contributed by atoms with Gasteiger partial charge in [-0.15, -0.1) is 0 Å². The molecule has 4 nitrogen and oxygen atoms in total. The van der Waals surface area contributed by atoms with Crippen LogP contribution in [0.25, 0.3) is 0 Å². The molecule has 1 aromatic carbocycles. The number of carbonyl (C=O) groups is 1. The molecular formula is C16H25N3O. The normalized spacial score (nSPS) is 18.8. The van der Waals surface area contributed by atoms with Crippen LogP contribution in [0.3, 0.4) is 0 Å². The Bertz CT molecular complexity index is 427. The molecule has 2 N–H and O–H groups in total. The second-order valence-corrected chi connectivity index (χ2v) is 5.50. The Morgan fingerprint density at radius 1 is 1.35 bits per heavy atom. The summed E-state index contributed by atoms with van der Waals surface area (Å²) in [4.78, 5) is 16.8. The van der Waals surface area contributed by atoms with E-state index in [9.17, 15) is 4.79 Å². The summed E-state index contributed by atoms with van der Waals surface area (Å²) in [7, 11) is 1.89. The van der Waals surface area contributed by atoms with Gasteiger partial charge in [0.05, 0.1) is 0 Å². The molecule has 0 saturated carbocycles. The van der Waals surface area contributed by atoms with Crippen LogP contribution in [0.15, 0.2) is 30.3 Å². The first kappa shape index (κ1) is 15.0. The number of nitrogens with two attached hydrogens (primary N) is 1. The maximum Gasteiger partial charge on any atom is 0.244 e. The van der Waals surface area contributed by atoms with E-state index in [0.29, 0.717) is 6.04 Å². The molecule has 2 rings (SSSR count). The fourth-order valence-electron chi connectivity index (χ4n) is 2.83. The zero-order valence-electron chi connectivity index (χ0n) is 12.5. The van der Waals surface area contributed by atoms with Crippen molar-refractivity contribution in [2.45, 2.75) is 31.8 Å².